The van der Waals surface area contributed by atoms with Gasteiger partial charge in [-0.05, 0) is 23.8 Å². The molecule has 3 nitrogen and oxygen atoms in total. The lowest BCUT2D eigenvalue weighted by Gasteiger charge is -2.18. The van der Waals surface area contributed by atoms with E-state index in [2.05, 4.69) is 4.98 Å². The van der Waals surface area contributed by atoms with E-state index in [0.29, 0.717) is 11.3 Å². The minimum absolute atomic E-state index is 0.260. The highest BCUT2D eigenvalue weighted by Gasteiger charge is 2.27. The summed E-state index contributed by atoms with van der Waals surface area (Å²) in [5.74, 6) is -8.93. The maximum atomic E-state index is 13.9. The average molecular weight is 361 g/mol. The SMILES string of the molecule is O=C(OC(c1ccccc1)c1ccccn1)c1cc(F)c(F)c(F)c1F. The number of ether oxygens (including phenoxy) is 1. The quantitative estimate of drug-likeness (QED) is 0.295. The van der Waals surface area contributed by atoms with Crippen molar-refractivity contribution in [3.63, 3.8) is 0 Å². The summed E-state index contributed by atoms with van der Waals surface area (Å²) in [6.45, 7) is 0. The molecule has 1 unspecified atom stereocenters. The van der Waals surface area contributed by atoms with Crippen LogP contribution in [0.4, 0.5) is 17.6 Å². The minimum atomic E-state index is -2.08. The zero-order valence-electron chi connectivity index (χ0n) is 13.1. The van der Waals surface area contributed by atoms with Crippen LogP contribution in [0.2, 0.25) is 0 Å². The van der Waals surface area contributed by atoms with Crippen LogP contribution in [0.5, 0.6) is 0 Å². The lowest BCUT2D eigenvalue weighted by Crippen LogP contribution is -2.16. The van der Waals surface area contributed by atoms with Gasteiger partial charge in [-0.15, -0.1) is 0 Å². The predicted molar refractivity (Wildman–Crippen MR) is 84.2 cm³/mol. The van der Waals surface area contributed by atoms with Gasteiger partial charge < -0.3 is 4.74 Å². The number of nitrogens with zero attached hydrogens (tertiary/aromatic N) is 1. The van der Waals surface area contributed by atoms with Crippen molar-refractivity contribution in [1.29, 1.82) is 0 Å². The van der Waals surface area contributed by atoms with Gasteiger partial charge in [-0.3, -0.25) is 4.98 Å². The Hall–Kier alpha value is -3.22. The van der Waals surface area contributed by atoms with Gasteiger partial charge in [0.05, 0.1) is 5.69 Å². The maximum absolute atomic E-state index is 13.9. The van der Waals surface area contributed by atoms with Gasteiger partial charge in [-0.25, -0.2) is 22.4 Å². The highest BCUT2D eigenvalue weighted by molar-refractivity contribution is 5.90. The molecule has 7 heteroatoms. The van der Waals surface area contributed by atoms with E-state index >= 15 is 0 Å². The molecule has 0 saturated heterocycles. The Morgan fingerprint density at radius 2 is 1.58 bits per heavy atom. The smallest absolute Gasteiger partial charge is 0.342 e. The van der Waals surface area contributed by atoms with Crippen LogP contribution in [0.15, 0.2) is 60.8 Å². The first-order valence-corrected chi connectivity index (χ1v) is 7.49. The fourth-order valence-corrected chi connectivity index (χ4v) is 2.35. The van der Waals surface area contributed by atoms with Gasteiger partial charge in [0.25, 0.3) is 0 Å². The molecule has 0 aliphatic heterocycles. The van der Waals surface area contributed by atoms with Crippen LogP contribution in [0, 0.1) is 23.3 Å². The summed E-state index contributed by atoms with van der Waals surface area (Å²) >= 11 is 0. The molecule has 0 radical (unpaired) electrons. The Morgan fingerprint density at radius 3 is 2.23 bits per heavy atom. The van der Waals surface area contributed by atoms with Gasteiger partial charge >= 0.3 is 5.97 Å². The van der Waals surface area contributed by atoms with Crippen molar-refractivity contribution in [3.8, 4) is 0 Å². The molecule has 1 atom stereocenters. The van der Waals surface area contributed by atoms with Crippen LogP contribution < -0.4 is 0 Å². The fraction of sp³-hybridized carbons (Fsp3) is 0.0526. The summed E-state index contributed by atoms with van der Waals surface area (Å²) in [6, 6.07) is 13.6. The lowest BCUT2D eigenvalue weighted by molar-refractivity contribution is 0.0363. The summed E-state index contributed by atoms with van der Waals surface area (Å²) < 4.78 is 58.9. The van der Waals surface area contributed by atoms with Gasteiger partial charge in [0.2, 0.25) is 0 Å². The van der Waals surface area contributed by atoms with Crippen molar-refractivity contribution in [3.05, 3.63) is 101 Å². The standard InChI is InChI=1S/C19H11F4NO2/c20-13-10-12(15(21)17(23)16(13)22)19(25)26-18(11-6-2-1-3-7-11)14-8-4-5-9-24-14/h1-10,18H. The fourth-order valence-electron chi connectivity index (χ4n) is 2.35. The van der Waals surface area contributed by atoms with E-state index in [1.807, 2.05) is 0 Å². The van der Waals surface area contributed by atoms with E-state index in [1.54, 1.807) is 48.5 Å². The third-order valence-electron chi connectivity index (χ3n) is 3.61. The molecule has 1 heterocycles. The third kappa shape index (κ3) is 3.42. The van der Waals surface area contributed by atoms with Crippen LogP contribution in [0.25, 0.3) is 0 Å². The van der Waals surface area contributed by atoms with E-state index in [1.165, 1.54) is 6.20 Å². The lowest BCUT2D eigenvalue weighted by atomic mass is 10.1. The first-order chi connectivity index (χ1) is 12.5. The molecule has 132 valence electrons. The monoisotopic (exact) mass is 361 g/mol. The molecule has 0 aliphatic rings. The summed E-state index contributed by atoms with van der Waals surface area (Å²) in [6.07, 6.45) is 0.428. The number of benzene rings is 2. The predicted octanol–water partition coefficient (Wildman–Crippen LogP) is 4.58. The second-order valence-corrected chi connectivity index (χ2v) is 5.30. The van der Waals surface area contributed by atoms with Crippen molar-refractivity contribution in [1.82, 2.24) is 4.98 Å². The molecule has 0 spiro atoms. The van der Waals surface area contributed by atoms with E-state index in [-0.39, 0.29) is 6.07 Å². The molecule has 0 aliphatic carbocycles. The van der Waals surface area contributed by atoms with Gasteiger partial charge in [0.1, 0.15) is 5.56 Å². The minimum Gasteiger partial charge on any atom is -0.447 e. The number of halogens is 4. The molecule has 1 aromatic heterocycles. The molecule has 0 N–H and O–H groups in total. The molecule has 0 bridgehead atoms. The molecule has 0 amide bonds. The Morgan fingerprint density at radius 1 is 0.885 bits per heavy atom. The van der Waals surface area contributed by atoms with Crippen molar-refractivity contribution in [2.45, 2.75) is 6.10 Å². The van der Waals surface area contributed by atoms with Crippen LogP contribution in [0.3, 0.4) is 0 Å². The summed E-state index contributed by atoms with van der Waals surface area (Å²) in [7, 11) is 0. The number of pyridine rings is 1. The first-order valence-electron chi connectivity index (χ1n) is 7.49. The number of carbonyl (C=O) groups excluding carboxylic acids is 1. The number of aromatic nitrogens is 1. The van der Waals surface area contributed by atoms with Gasteiger partial charge in [-0.1, -0.05) is 36.4 Å². The zero-order valence-corrected chi connectivity index (χ0v) is 13.1. The largest absolute Gasteiger partial charge is 0.447 e. The zero-order chi connectivity index (χ0) is 18.7. The summed E-state index contributed by atoms with van der Waals surface area (Å²) in [4.78, 5) is 16.4. The number of hydrogen-bond acceptors (Lipinski definition) is 3. The van der Waals surface area contributed by atoms with Crippen molar-refractivity contribution < 1.29 is 27.1 Å². The Labute approximate surface area is 145 Å². The Bertz CT molecular complexity index is 894. The van der Waals surface area contributed by atoms with Gasteiger partial charge in [-0.2, -0.15) is 0 Å². The van der Waals surface area contributed by atoms with Crippen molar-refractivity contribution in [2.24, 2.45) is 0 Å². The van der Waals surface area contributed by atoms with Crippen LogP contribution in [-0.2, 0) is 4.74 Å². The van der Waals surface area contributed by atoms with Crippen molar-refractivity contribution >= 4 is 5.97 Å². The molecular weight excluding hydrogens is 350 g/mol. The van der Waals surface area contributed by atoms with Gasteiger partial charge in [0, 0.05) is 6.20 Å². The van der Waals surface area contributed by atoms with Crippen molar-refractivity contribution in [2.75, 3.05) is 0 Å². The summed E-state index contributed by atoms with van der Waals surface area (Å²) in [5.41, 5.74) is -0.197. The molecule has 0 saturated carbocycles. The Kier molecular flexibility index (Phi) is 4.97. The van der Waals surface area contributed by atoms with Crippen LogP contribution in [0.1, 0.15) is 27.7 Å². The average Bonchev–Trinajstić information content (AvgIpc) is 2.68. The number of hydrogen-bond donors (Lipinski definition) is 0. The van der Waals surface area contributed by atoms with E-state index in [4.69, 9.17) is 4.74 Å². The van der Waals surface area contributed by atoms with Gasteiger partial charge in [0.15, 0.2) is 29.4 Å². The topological polar surface area (TPSA) is 39.2 Å². The normalized spacial score (nSPS) is 11.8. The first kappa shape index (κ1) is 17.6. The Balaban J connectivity index is 1.99. The van der Waals surface area contributed by atoms with E-state index in [0.717, 1.165) is 0 Å². The highest BCUT2D eigenvalue weighted by Crippen LogP contribution is 2.27. The van der Waals surface area contributed by atoms with E-state index in [9.17, 15) is 22.4 Å². The maximum Gasteiger partial charge on any atom is 0.342 e. The third-order valence-corrected chi connectivity index (χ3v) is 3.61. The van der Waals surface area contributed by atoms with E-state index < -0.39 is 40.9 Å². The molecule has 3 aromatic rings. The molecule has 3 rings (SSSR count). The second kappa shape index (κ2) is 7.35. The van der Waals surface area contributed by atoms with Crippen LogP contribution >= 0.6 is 0 Å². The number of esters is 1. The molecule has 0 fully saturated rings. The second-order valence-electron chi connectivity index (χ2n) is 5.30. The summed E-state index contributed by atoms with van der Waals surface area (Å²) in [5, 5.41) is 0. The molecule has 26 heavy (non-hydrogen) atoms. The highest BCUT2D eigenvalue weighted by atomic mass is 19.2. The van der Waals surface area contributed by atoms with Crippen LogP contribution in [-0.4, -0.2) is 11.0 Å². The number of carbonyl (C=O) groups is 1. The molecular formula is C19H11F4NO2. The number of rotatable bonds is 4. The molecule has 2 aromatic carbocycles.